The number of fused-ring (bicyclic) bond motifs is 2. The number of ether oxygens (including phenoxy) is 2. The zero-order chi connectivity index (χ0) is 16.7. The molecule has 0 aliphatic carbocycles. The third kappa shape index (κ3) is 2.36. The zero-order valence-electron chi connectivity index (χ0n) is 13.1. The number of rotatable bonds is 2. The van der Waals surface area contributed by atoms with Gasteiger partial charge in [-0.3, -0.25) is 4.31 Å². The fourth-order valence-corrected chi connectivity index (χ4v) is 4.67. The van der Waals surface area contributed by atoms with Gasteiger partial charge in [-0.2, -0.15) is 0 Å². The van der Waals surface area contributed by atoms with Crippen LogP contribution in [-0.2, 0) is 16.4 Å². The molecule has 0 saturated heterocycles. The van der Waals surface area contributed by atoms with Crippen molar-refractivity contribution in [1.82, 2.24) is 0 Å². The summed E-state index contributed by atoms with van der Waals surface area (Å²) >= 11 is 0. The molecule has 2 aliphatic rings. The van der Waals surface area contributed by atoms with Gasteiger partial charge in [0.05, 0.1) is 29.5 Å². The Hall–Kier alpha value is -2.41. The molecule has 2 aliphatic heterocycles. The highest BCUT2D eigenvalue weighted by Crippen LogP contribution is 2.39. The standard InChI is InChI=1S/C17H18N2O4S/c18-14-4-1-3-12-7-8-19(17(12)14)24(20,21)13-5-6-15-16(11-13)23-10-2-9-22-15/h1,3-6,11H,2,7-10,18H2. The number of nitrogens with zero attached hydrogens (tertiary/aromatic N) is 1. The lowest BCUT2D eigenvalue weighted by molar-refractivity contribution is 0.297. The van der Waals surface area contributed by atoms with E-state index in [0.29, 0.717) is 49.1 Å². The largest absolute Gasteiger partial charge is 0.490 e. The van der Waals surface area contributed by atoms with Gasteiger partial charge in [0.2, 0.25) is 0 Å². The van der Waals surface area contributed by atoms with Crippen LogP contribution in [0.3, 0.4) is 0 Å². The van der Waals surface area contributed by atoms with Gasteiger partial charge in [0.25, 0.3) is 10.0 Å². The van der Waals surface area contributed by atoms with Crippen LogP contribution in [0.2, 0.25) is 0 Å². The summed E-state index contributed by atoms with van der Waals surface area (Å²) in [7, 11) is -3.70. The molecule has 2 N–H and O–H groups in total. The highest BCUT2D eigenvalue weighted by Gasteiger charge is 2.33. The predicted molar refractivity (Wildman–Crippen MR) is 91.1 cm³/mol. The second kappa shape index (κ2) is 5.59. The highest BCUT2D eigenvalue weighted by atomic mass is 32.2. The summed E-state index contributed by atoms with van der Waals surface area (Å²) in [4.78, 5) is 0.183. The van der Waals surface area contributed by atoms with Crippen molar-refractivity contribution in [1.29, 1.82) is 0 Å². The molecule has 24 heavy (non-hydrogen) atoms. The van der Waals surface area contributed by atoms with Gasteiger partial charge >= 0.3 is 0 Å². The van der Waals surface area contributed by atoms with Crippen molar-refractivity contribution < 1.29 is 17.9 Å². The van der Waals surface area contributed by atoms with Crippen LogP contribution >= 0.6 is 0 Å². The quantitative estimate of drug-likeness (QED) is 0.843. The second-order valence-electron chi connectivity index (χ2n) is 5.84. The van der Waals surface area contributed by atoms with Crippen LogP contribution in [0.4, 0.5) is 11.4 Å². The van der Waals surface area contributed by atoms with Crippen molar-refractivity contribution in [3.8, 4) is 11.5 Å². The summed E-state index contributed by atoms with van der Waals surface area (Å²) in [6, 6.07) is 10.2. The smallest absolute Gasteiger partial charge is 0.264 e. The maximum Gasteiger partial charge on any atom is 0.264 e. The minimum absolute atomic E-state index is 0.183. The van der Waals surface area contributed by atoms with E-state index in [0.717, 1.165) is 12.0 Å². The maximum absolute atomic E-state index is 13.1. The van der Waals surface area contributed by atoms with Crippen LogP contribution in [0.1, 0.15) is 12.0 Å². The Kier molecular flexibility index (Phi) is 3.53. The first-order valence-corrected chi connectivity index (χ1v) is 9.31. The molecule has 6 nitrogen and oxygen atoms in total. The molecule has 0 fully saturated rings. The van der Waals surface area contributed by atoms with E-state index in [4.69, 9.17) is 15.2 Å². The lowest BCUT2D eigenvalue weighted by atomic mass is 10.1. The lowest BCUT2D eigenvalue weighted by Crippen LogP contribution is -2.29. The Bertz CT molecular complexity index is 895. The summed E-state index contributed by atoms with van der Waals surface area (Å²) in [6.07, 6.45) is 1.43. The van der Waals surface area contributed by atoms with Crippen molar-refractivity contribution in [2.75, 3.05) is 29.8 Å². The number of hydrogen-bond donors (Lipinski definition) is 1. The Morgan fingerprint density at radius 2 is 1.83 bits per heavy atom. The minimum atomic E-state index is -3.70. The van der Waals surface area contributed by atoms with E-state index in [1.54, 1.807) is 18.2 Å². The van der Waals surface area contributed by atoms with E-state index in [2.05, 4.69) is 0 Å². The molecule has 0 aromatic heterocycles. The van der Waals surface area contributed by atoms with E-state index < -0.39 is 10.0 Å². The third-order valence-electron chi connectivity index (χ3n) is 4.29. The van der Waals surface area contributed by atoms with Gasteiger partial charge in [0.1, 0.15) is 0 Å². The molecule has 2 aromatic rings. The summed E-state index contributed by atoms with van der Waals surface area (Å²) < 4.78 is 38.7. The molecule has 0 spiro atoms. The molecule has 4 rings (SSSR count). The minimum Gasteiger partial charge on any atom is -0.490 e. The Balaban J connectivity index is 1.76. The van der Waals surface area contributed by atoms with Crippen molar-refractivity contribution in [2.24, 2.45) is 0 Å². The van der Waals surface area contributed by atoms with Crippen LogP contribution in [0.25, 0.3) is 0 Å². The number of nitrogen functional groups attached to an aromatic ring is 1. The number of para-hydroxylation sites is 1. The molecule has 0 amide bonds. The zero-order valence-corrected chi connectivity index (χ0v) is 13.9. The predicted octanol–water partition coefficient (Wildman–Crippen LogP) is 2.18. The SMILES string of the molecule is Nc1cccc2c1N(S(=O)(=O)c1ccc3c(c1)OCCCO3)CC2. The van der Waals surface area contributed by atoms with Gasteiger partial charge in [-0.15, -0.1) is 0 Å². The van der Waals surface area contributed by atoms with E-state index in [-0.39, 0.29) is 4.90 Å². The number of sulfonamides is 1. The normalized spacial score (nSPS) is 16.6. The molecule has 126 valence electrons. The third-order valence-corrected chi connectivity index (χ3v) is 6.09. The van der Waals surface area contributed by atoms with Crippen molar-refractivity contribution in [2.45, 2.75) is 17.7 Å². The Labute approximate surface area is 140 Å². The van der Waals surface area contributed by atoms with Crippen molar-refractivity contribution >= 4 is 21.4 Å². The molecule has 0 unspecified atom stereocenters. The van der Waals surface area contributed by atoms with Crippen LogP contribution in [0.15, 0.2) is 41.3 Å². The topological polar surface area (TPSA) is 81.9 Å². The van der Waals surface area contributed by atoms with E-state index >= 15 is 0 Å². The van der Waals surface area contributed by atoms with Gasteiger partial charge in [0, 0.05) is 19.0 Å². The number of nitrogens with two attached hydrogens (primary N) is 1. The number of benzene rings is 2. The molecule has 0 radical (unpaired) electrons. The van der Waals surface area contributed by atoms with Crippen molar-refractivity contribution in [3.05, 3.63) is 42.0 Å². The average Bonchev–Trinajstić information content (AvgIpc) is 2.88. The lowest BCUT2D eigenvalue weighted by Gasteiger charge is -2.21. The first-order chi connectivity index (χ1) is 11.6. The van der Waals surface area contributed by atoms with Gasteiger partial charge in [-0.1, -0.05) is 12.1 Å². The van der Waals surface area contributed by atoms with Gasteiger partial charge in [-0.05, 0) is 30.2 Å². The molecule has 0 atom stereocenters. The van der Waals surface area contributed by atoms with Gasteiger partial charge in [-0.25, -0.2) is 8.42 Å². The number of hydrogen-bond acceptors (Lipinski definition) is 5. The second-order valence-corrected chi connectivity index (χ2v) is 7.70. The Morgan fingerprint density at radius 1 is 1.04 bits per heavy atom. The Morgan fingerprint density at radius 3 is 2.67 bits per heavy atom. The van der Waals surface area contributed by atoms with Crippen LogP contribution < -0.4 is 19.5 Å². The molecular formula is C17H18N2O4S. The molecule has 7 heteroatoms. The van der Waals surface area contributed by atoms with Crippen LogP contribution in [0, 0.1) is 0 Å². The molecule has 2 heterocycles. The fourth-order valence-electron chi connectivity index (χ4n) is 3.12. The van der Waals surface area contributed by atoms with Gasteiger partial charge < -0.3 is 15.2 Å². The van der Waals surface area contributed by atoms with E-state index in [1.165, 1.54) is 10.4 Å². The highest BCUT2D eigenvalue weighted by molar-refractivity contribution is 7.92. The van der Waals surface area contributed by atoms with E-state index in [9.17, 15) is 8.42 Å². The maximum atomic E-state index is 13.1. The molecule has 0 bridgehead atoms. The van der Waals surface area contributed by atoms with Crippen LogP contribution in [-0.4, -0.2) is 28.2 Å². The fraction of sp³-hybridized carbons (Fsp3) is 0.294. The van der Waals surface area contributed by atoms with Crippen molar-refractivity contribution in [3.63, 3.8) is 0 Å². The van der Waals surface area contributed by atoms with Gasteiger partial charge in [0.15, 0.2) is 11.5 Å². The summed E-state index contributed by atoms with van der Waals surface area (Å²) in [5.41, 5.74) is 8.03. The first-order valence-electron chi connectivity index (χ1n) is 7.87. The summed E-state index contributed by atoms with van der Waals surface area (Å²) in [6.45, 7) is 1.46. The van der Waals surface area contributed by atoms with E-state index in [1.807, 2.05) is 12.1 Å². The summed E-state index contributed by atoms with van der Waals surface area (Å²) in [5, 5.41) is 0. The van der Waals surface area contributed by atoms with Crippen LogP contribution in [0.5, 0.6) is 11.5 Å². The molecule has 0 saturated carbocycles. The summed E-state index contributed by atoms with van der Waals surface area (Å²) in [5.74, 6) is 1.04. The monoisotopic (exact) mass is 346 g/mol. The number of anilines is 2. The molecular weight excluding hydrogens is 328 g/mol. The first kappa shape index (κ1) is 15.1. The molecule has 2 aromatic carbocycles. The average molecular weight is 346 g/mol.